The van der Waals surface area contributed by atoms with E-state index >= 15 is 0 Å². The van der Waals surface area contributed by atoms with Crippen LogP contribution in [0.1, 0.15) is 62.3 Å². The van der Waals surface area contributed by atoms with Gasteiger partial charge in [-0.05, 0) is 40.2 Å². The van der Waals surface area contributed by atoms with E-state index in [1.165, 1.54) is 0 Å². The van der Waals surface area contributed by atoms with Gasteiger partial charge < -0.3 is 5.32 Å². The number of amides is 1. The summed E-state index contributed by atoms with van der Waals surface area (Å²) in [6.07, 6.45) is 4.36. The first kappa shape index (κ1) is 17.1. The van der Waals surface area contributed by atoms with E-state index in [0.717, 1.165) is 23.1 Å². The zero-order chi connectivity index (χ0) is 18.1. The van der Waals surface area contributed by atoms with E-state index in [4.69, 9.17) is 0 Å². The van der Waals surface area contributed by atoms with Crippen LogP contribution < -0.4 is 5.32 Å². The molecule has 0 aliphatic rings. The number of nitrogens with zero attached hydrogens (tertiary/aromatic N) is 5. The number of carbonyl (C=O) groups excluding carboxylic acids is 1. The first-order valence-corrected chi connectivity index (χ1v) is 8.62. The van der Waals surface area contributed by atoms with Gasteiger partial charge in [0.05, 0.1) is 29.4 Å². The van der Waals surface area contributed by atoms with Crippen LogP contribution in [0, 0.1) is 6.92 Å². The molecule has 7 heteroatoms. The number of carbonyl (C=O) groups is 1. The van der Waals surface area contributed by atoms with Crippen LogP contribution in [0.2, 0.25) is 0 Å². The van der Waals surface area contributed by atoms with Crippen molar-refractivity contribution in [3.63, 3.8) is 0 Å². The third-order valence-corrected chi connectivity index (χ3v) is 4.35. The number of anilines is 1. The number of pyridine rings is 1. The molecule has 1 N–H and O–H groups in total. The van der Waals surface area contributed by atoms with Crippen LogP contribution in [0.15, 0.2) is 24.5 Å². The number of fused-ring (bicyclic) bond motifs is 1. The highest BCUT2D eigenvalue weighted by Crippen LogP contribution is 2.23. The number of hydrogen-bond donors (Lipinski definition) is 1. The monoisotopic (exact) mass is 340 g/mol. The molecule has 3 aromatic heterocycles. The average Bonchev–Trinajstić information content (AvgIpc) is 3.20. The number of aromatic nitrogens is 5. The molecule has 7 nitrogen and oxygen atoms in total. The van der Waals surface area contributed by atoms with Gasteiger partial charge in [-0.1, -0.05) is 6.92 Å². The summed E-state index contributed by atoms with van der Waals surface area (Å²) in [5.74, 6) is 0.499. The topological polar surface area (TPSA) is 77.6 Å². The van der Waals surface area contributed by atoms with E-state index in [0.29, 0.717) is 11.4 Å². The molecule has 0 saturated heterocycles. The fraction of sp³-hybridized carbons (Fsp3) is 0.444. The van der Waals surface area contributed by atoms with Gasteiger partial charge in [0.15, 0.2) is 5.65 Å². The molecule has 3 heterocycles. The SMILES string of the molecule is CCC(C)n1ncc2c(C(=O)Nc3ccnn3C(C)C)cc(C)nc21. The predicted molar refractivity (Wildman–Crippen MR) is 97.8 cm³/mol. The summed E-state index contributed by atoms with van der Waals surface area (Å²) in [7, 11) is 0. The standard InChI is InChI=1S/C18H24N6O/c1-6-13(5)24-17-15(10-20-24)14(9-12(4)21-17)18(25)22-16-7-8-19-23(16)11(2)3/h7-11,13H,6H2,1-5H3,(H,22,25). The van der Waals surface area contributed by atoms with Crippen LogP contribution in [-0.2, 0) is 0 Å². The summed E-state index contributed by atoms with van der Waals surface area (Å²) in [5.41, 5.74) is 2.12. The normalized spacial score (nSPS) is 12.7. The average molecular weight is 340 g/mol. The molecular formula is C18H24N6O. The lowest BCUT2D eigenvalue weighted by atomic mass is 10.1. The van der Waals surface area contributed by atoms with Gasteiger partial charge in [-0.25, -0.2) is 14.3 Å². The van der Waals surface area contributed by atoms with Crippen LogP contribution in [0.3, 0.4) is 0 Å². The van der Waals surface area contributed by atoms with Crippen molar-refractivity contribution < 1.29 is 4.79 Å². The molecule has 3 rings (SSSR count). The molecule has 132 valence electrons. The van der Waals surface area contributed by atoms with Crippen LogP contribution in [0.5, 0.6) is 0 Å². The van der Waals surface area contributed by atoms with Crippen molar-refractivity contribution in [2.75, 3.05) is 5.32 Å². The van der Waals surface area contributed by atoms with Gasteiger partial charge in [0, 0.05) is 17.8 Å². The maximum atomic E-state index is 12.9. The second-order valence-corrected chi connectivity index (χ2v) is 6.60. The highest BCUT2D eigenvalue weighted by molar-refractivity contribution is 6.11. The fourth-order valence-corrected chi connectivity index (χ4v) is 2.83. The quantitative estimate of drug-likeness (QED) is 0.767. The fourth-order valence-electron chi connectivity index (χ4n) is 2.83. The molecule has 1 atom stereocenters. The molecular weight excluding hydrogens is 316 g/mol. The molecule has 0 aromatic carbocycles. The Morgan fingerprint density at radius 2 is 2.00 bits per heavy atom. The lowest BCUT2D eigenvalue weighted by Crippen LogP contribution is -2.17. The van der Waals surface area contributed by atoms with Crippen molar-refractivity contribution in [1.82, 2.24) is 24.5 Å². The van der Waals surface area contributed by atoms with Crippen molar-refractivity contribution in [2.45, 2.75) is 53.1 Å². The zero-order valence-corrected chi connectivity index (χ0v) is 15.3. The van der Waals surface area contributed by atoms with E-state index < -0.39 is 0 Å². The number of aryl methyl sites for hydroxylation is 1. The van der Waals surface area contributed by atoms with Crippen LogP contribution in [0.4, 0.5) is 5.82 Å². The van der Waals surface area contributed by atoms with Crippen LogP contribution in [-0.4, -0.2) is 30.5 Å². The minimum absolute atomic E-state index is 0.164. The molecule has 0 spiro atoms. The van der Waals surface area contributed by atoms with Gasteiger partial charge in [0.2, 0.25) is 0 Å². The summed E-state index contributed by atoms with van der Waals surface area (Å²) in [6.45, 7) is 10.1. The van der Waals surface area contributed by atoms with Gasteiger partial charge in [-0.2, -0.15) is 10.2 Å². The largest absolute Gasteiger partial charge is 0.307 e. The molecule has 0 fully saturated rings. The lowest BCUT2D eigenvalue weighted by molar-refractivity contribution is 0.102. The summed E-state index contributed by atoms with van der Waals surface area (Å²) >= 11 is 0. The van der Waals surface area contributed by atoms with Gasteiger partial charge >= 0.3 is 0 Å². The molecule has 3 aromatic rings. The third kappa shape index (κ3) is 3.14. The van der Waals surface area contributed by atoms with E-state index in [9.17, 15) is 4.79 Å². The zero-order valence-electron chi connectivity index (χ0n) is 15.3. The van der Waals surface area contributed by atoms with Crippen LogP contribution in [0.25, 0.3) is 11.0 Å². The van der Waals surface area contributed by atoms with E-state index in [1.54, 1.807) is 29.2 Å². The van der Waals surface area contributed by atoms with E-state index in [1.807, 2.05) is 25.5 Å². The number of rotatable bonds is 5. The molecule has 25 heavy (non-hydrogen) atoms. The highest BCUT2D eigenvalue weighted by Gasteiger charge is 2.19. The van der Waals surface area contributed by atoms with Crippen molar-refractivity contribution in [2.24, 2.45) is 0 Å². The number of nitrogens with one attached hydrogen (secondary N) is 1. The molecule has 0 radical (unpaired) electrons. The molecule has 0 aliphatic heterocycles. The summed E-state index contributed by atoms with van der Waals surface area (Å²) in [6, 6.07) is 3.99. The maximum Gasteiger partial charge on any atom is 0.257 e. The highest BCUT2D eigenvalue weighted by atomic mass is 16.1. The second kappa shape index (κ2) is 6.66. The van der Waals surface area contributed by atoms with Crippen LogP contribution >= 0.6 is 0 Å². The third-order valence-electron chi connectivity index (χ3n) is 4.35. The Kier molecular flexibility index (Phi) is 4.57. The summed E-state index contributed by atoms with van der Waals surface area (Å²) < 4.78 is 3.67. The molecule has 0 saturated carbocycles. The minimum atomic E-state index is -0.179. The van der Waals surface area contributed by atoms with E-state index in [-0.39, 0.29) is 18.0 Å². The van der Waals surface area contributed by atoms with Crippen molar-refractivity contribution >= 4 is 22.8 Å². The smallest absolute Gasteiger partial charge is 0.257 e. The predicted octanol–water partition coefficient (Wildman–Crippen LogP) is 3.74. The molecule has 0 bridgehead atoms. The number of hydrogen-bond acceptors (Lipinski definition) is 4. The Balaban J connectivity index is 2.02. The summed E-state index contributed by atoms with van der Waals surface area (Å²) in [4.78, 5) is 17.5. The molecule has 1 unspecified atom stereocenters. The van der Waals surface area contributed by atoms with Gasteiger partial charge in [-0.3, -0.25) is 4.79 Å². The van der Waals surface area contributed by atoms with E-state index in [2.05, 4.69) is 34.3 Å². The Bertz CT molecular complexity index is 908. The van der Waals surface area contributed by atoms with Crippen molar-refractivity contribution in [3.8, 4) is 0 Å². The van der Waals surface area contributed by atoms with Gasteiger partial charge in [0.25, 0.3) is 5.91 Å². The van der Waals surface area contributed by atoms with Gasteiger partial charge in [0.1, 0.15) is 5.82 Å². The summed E-state index contributed by atoms with van der Waals surface area (Å²) in [5, 5.41) is 12.4. The first-order valence-electron chi connectivity index (χ1n) is 8.62. The molecule has 0 aliphatic carbocycles. The Labute approximate surface area is 147 Å². The van der Waals surface area contributed by atoms with Gasteiger partial charge in [-0.15, -0.1) is 0 Å². The lowest BCUT2D eigenvalue weighted by Gasteiger charge is -2.13. The minimum Gasteiger partial charge on any atom is -0.307 e. The van der Waals surface area contributed by atoms with Crippen molar-refractivity contribution in [3.05, 3.63) is 35.8 Å². The Morgan fingerprint density at radius 3 is 2.68 bits per heavy atom. The maximum absolute atomic E-state index is 12.9. The second-order valence-electron chi connectivity index (χ2n) is 6.60. The van der Waals surface area contributed by atoms with Crippen molar-refractivity contribution in [1.29, 1.82) is 0 Å². The Morgan fingerprint density at radius 1 is 1.24 bits per heavy atom. The first-order chi connectivity index (χ1) is 11.9. The Hall–Kier alpha value is -2.70. The molecule has 1 amide bonds.